The fourth-order valence-corrected chi connectivity index (χ4v) is 1.25. The molecule has 1 atom stereocenters. The van der Waals surface area contributed by atoms with E-state index in [4.69, 9.17) is 10.2 Å². The van der Waals surface area contributed by atoms with Crippen molar-refractivity contribution in [2.45, 2.75) is 12.6 Å². The minimum atomic E-state index is -1.71. The van der Waals surface area contributed by atoms with E-state index in [9.17, 15) is 19.2 Å². The van der Waals surface area contributed by atoms with Crippen LogP contribution in [-0.4, -0.2) is 43.9 Å². The van der Waals surface area contributed by atoms with Gasteiger partial charge >= 0.3 is 11.7 Å². The first-order valence-corrected chi connectivity index (χ1v) is 5.27. The van der Waals surface area contributed by atoms with Crippen LogP contribution in [0.2, 0.25) is 0 Å². The van der Waals surface area contributed by atoms with Gasteiger partial charge in [0.1, 0.15) is 6.54 Å². The van der Waals surface area contributed by atoms with E-state index in [1.807, 2.05) is 0 Å². The number of nitrogens with zero attached hydrogens (tertiary/aromatic N) is 2. The van der Waals surface area contributed by atoms with Gasteiger partial charge in [0.15, 0.2) is 6.10 Å². The van der Waals surface area contributed by atoms with Gasteiger partial charge in [0.05, 0.1) is 6.54 Å². The van der Waals surface area contributed by atoms with E-state index in [1.165, 1.54) is 7.05 Å². The highest BCUT2D eigenvalue weighted by atomic mass is 16.4. The van der Waals surface area contributed by atoms with Gasteiger partial charge < -0.3 is 15.5 Å². The Labute approximate surface area is 106 Å². The van der Waals surface area contributed by atoms with Crippen molar-refractivity contribution >= 4 is 11.9 Å². The lowest BCUT2D eigenvalue weighted by Gasteiger charge is -2.09. The van der Waals surface area contributed by atoms with E-state index in [-0.39, 0.29) is 6.54 Å². The highest BCUT2D eigenvalue weighted by molar-refractivity contribution is 5.77. The lowest BCUT2D eigenvalue weighted by atomic mass is 10.3. The number of aliphatic hydroxyl groups is 1. The van der Waals surface area contributed by atoms with Crippen LogP contribution in [0.4, 0.5) is 0 Å². The number of carboxylic acid groups (broad SMARTS) is 1. The average Bonchev–Trinajstić information content (AvgIpc) is 2.36. The quantitative estimate of drug-likeness (QED) is 0.527. The molecule has 0 aliphatic heterocycles. The SMILES string of the molecule is Cn1c(=O)ccn(CC(=O)NCC(O)C(=O)O)c1=O. The number of aliphatic carboxylic acids is 1. The number of nitrogens with one attached hydrogen (secondary N) is 1. The van der Waals surface area contributed by atoms with Crippen molar-refractivity contribution in [3.8, 4) is 0 Å². The topological polar surface area (TPSA) is 131 Å². The van der Waals surface area contributed by atoms with Crippen molar-refractivity contribution in [1.29, 1.82) is 0 Å². The van der Waals surface area contributed by atoms with Gasteiger partial charge in [-0.3, -0.25) is 18.7 Å². The number of hydrogen-bond donors (Lipinski definition) is 3. The van der Waals surface area contributed by atoms with Gasteiger partial charge in [0.25, 0.3) is 5.56 Å². The Bertz CT molecular complexity index is 602. The van der Waals surface area contributed by atoms with Gasteiger partial charge in [-0.1, -0.05) is 0 Å². The van der Waals surface area contributed by atoms with Crippen molar-refractivity contribution in [3.05, 3.63) is 33.1 Å². The largest absolute Gasteiger partial charge is 0.479 e. The summed E-state index contributed by atoms with van der Waals surface area (Å²) in [5, 5.41) is 19.5. The molecule has 0 aromatic carbocycles. The molecule has 3 N–H and O–H groups in total. The number of carbonyl (C=O) groups excluding carboxylic acids is 1. The maximum absolute atomic E-state index is 11.6. The molecular weight excluding hydrogens is 258 g/mol. The van der Waals surface area contributed by atoms with Crippen LogP contribution in [0.25, 0.3) is 0 Å². The summed E-state index contributed by atoms with van der Waals surface area (Å²) in [5.41, 5.74) is -1.16. The highest BCUT2D eigenvalue weighted by Crippen LogP contribution is 1.83. The molecule has 0 bridgehead atoms. The van der Waals surface area contributed by atoms with Crippen LogP contribution in [0.3, 0.4) is 0 Å². The third-order valence-corrected chi connectivity index (χ3v) is 2.35. The third kappa shape index (κ3) is 3.78. The van der Waals surface area contributed by atoms with Crippen molar-refractivity contribution in [2.24, 2.45) is 7.05 Å². The summed E-state index contributed by atoms with van der Waals surface area (Å²) < 4.78 is 1.82. The predicted molar refractivity (Wildman–Crippen MR) is 62.6 cm³/mol. The fraction of sp³-hybridized carbons (Fsp3) is 0.400. The molecule has 0 aliphatic rings. The molecule has 9 heteroatoms. The summed E-state index contributed by atoms with van der Waals surface area (Å²) in [6, 6.07) is 1.13. The molecule has 0 saturated carbocycles. The molecule has 9 nitrogen and oxygen atoms in total. The maximum atomic E-state index is 11.6. The van der Waals surface area contributed by atoms with Gasteiger partial charge in [-0.05, 0) is 0 Å². The molecule has 1 rings (SSSR count). The summed E-state index contributed by atoms with van der Waals surface area (Å²) >= 11 is 0. The van der Waals surface area contributed by atoms with Crippen LogP contribution in [0.5, 0.6) is 0 Å². The number of carbonyl (C=O) groups is 2. The second-order valence-electron chi connectivity index (χ2n) is 3.78. The van der Waals surface area contributed by atoms with Crippen molar-refractivity contribution in [1.82, 2.24) is 14.5 Å². The molecule has 1 unspecified atom stereocenters. The molecule has 1 amide bonds. The van der Waals surface area contributed by atoms with Crippen molar-refractivity contribution in [2.75, 3.05) is 6.54 Å². The van der Waals surface area contributed by atoms with E-state index < -0.39 is 35.8 Å². The highest BCUT2D eigenvalue weighted by Gasteiger charge is 2.14. The van der Waals surface area contributed by atoms with Crippen molar-refractivity contribution in [3.63, 3.8) is 0 Å². The molecule has 0 saturated heterocycles. The number of aromatic nitrogens is 2. The molecule has 1 aromatic heterocycles. The number of rotatable bonds is 5. The van der Waals surface area contributed by atoms with Crippen LogP contribution >= 0.6 is 0 Å². The number of aliphatic hydroxyl groups excluding tert-OH is 1. The van der Waals surface area contributed by atoms with Crippen LogP contribution in [0.1, 0.15) is 0 Å². The van der Waals surface area contributed by atoms with Crippen LogP contribution in [0, 0.1) is 0 Å². The Kier molecular flexibility index (Phi) is 4.59. The number of hydrogen-bond acceptors (Lipinski definition) is 5. The number of amides is 1. The second kappa shape index (κ2) is 5.96. The smallest absolute Gasteiger partial charge is 0.334 e. The minimum absolute atomic E-state index is 0.376. The lowest BCUT2D eigenvalue weighted by molar-refractivity contribution is -0.146. The van der Waals surface area contributed by atoms with Gasteiger partial charge in [0, 0.05) is 19.3 Å². The molecule has 0 fully saturated rings. The Morgan fingerprint density at radius 2 is 2.05 bits per heavy atom. The zero-order valence-corrected chi connectivity index (χ0v) is 10.1. The Hall–Kier alpha value is -2.42. The summed E-state index contributed by atoms with van der Waals surface area (Å²) in [4.78, 5) is 44.4. The second-order valence-corrected chi connectivity index (χ2v) is 3.78. The third-order valence-electron chi connectivity index (χ3n) is 2.35. The zero-order valence-electron chi connectivity index (χ0n) is 10.1. The maximum Gasteiger partial charge on any atom is 0.334 e. The summed E-state index contributed by atoms with van der Waals surface area (Å²) in [6.45, 7) is -0.839. The van der Waals surface area contributed by atoms with Crippen LogP contribution in [-0.2, 0) is 23.2 Å². The summed E-state index contributed by atoms with van der Waals surface area (Å²) in [7, 11) is 1.27. The molecule has 0 radical (unpaired) electrons. The fourth-order valence-electron chi connectivity index (χ4n) is 1.25. The first kappa shape index (κ1) is 14.6. The van der Waals surface area contributed by atoms with E-state index in [0.717, 1.165) is 21.4 Å². The van der Waals surface area contributed by atoms with Gasteiger partial charge in [-0.15, -0.1) is 0 Å². The molecule has 0 aliphatic carbocycles. The number of carboxylic acids is 1. The minimum Gasteiger partial charge on any atom is -0.479 e. The molecule has 1 heterocycles. The zero-order chi connectivity index (χ0) is 14.6. The molecule has 104 valence electrons. The van der Waals surface area contributed by atoms with Gasteiger partial charge in [-0.25, -0.2) is 9.59 Å². The van der Waals surface area contributed by atoms with Crippen LogP contribution in [0.15, 0.2) is 21.9 Å². The average molecular weight is 271 g/mol. The van der Waals surface area contributed by atoms with Crippen LogP contribution < -0.4 is 16.6 Å². The van der Waals surface area contributed by atoms with E-state index >= 15 is 0 Å². The van der Waals surface area contributed by atoms with E-state index in [2.05, 4.69) is 5.32 Å². The predicted octanol–water partition coefficient (Wildman–Crippen LogP) is -2.89. The monoisotopic (exact) mass is 271 g/mol. The van der Waals surface area contributed by atoms with Crippen molar-refractivity contribution < 1.29 is 19.8 Å². The summed E-state index contributed by atoms with van der Waals surface area (Å²) in [5.74, 6) is -2.11. The Morgan fingerprint density at radius 3 is 2.63 bits per heavy atom. The Morgan fingerprint density at radius 1 is 1.42 bits per heavy atom. The molecule has 0 spiro atoms. The molecule has 19 heavy (non-hydrogen) atoms. The normalized spacial score (nSPS) is 11.9. The standard InChI is InChI=1S/C10H13N3O6/c1-12-8(16)2-3-13(10(12)19)5-7(15)11-4-6(14)9(17)18/h2-3,6,14H,4-5H2,1H3,(H,11,15)(H,17,18). The van der Waals surface area contributed by atoms with Gasteiger partial charge in [-0.2, -0.15) is 0 Å². The first-order chi connectivity index (χ1) is 8.82. The first-order valence-electron chi connectivity index (χ1n) is 5.27. The van der Waals surface area contributed by atoms with E-state index in [0.29, 0.717) is 0 Å². The van der Waals surface area contributed by atoms with E-state index in [1.54, 1.807) is 0 Å². The molecular formula is C10H13N3O6. The van der Waals surface area contributed by atoms with Gasteiger partial charge in [0.2, 0.25) is 5.91 Å². The lowest BCUT2D eigenvalue weighted by Crippen LogP contribution is -2.42. The Balaban J connectivity index is 2.68. The molecule has 1 aromatic rings. The summed E-state index contributed by atoms with van der Waals surface area (Å²) in [6.07, 6.45) is -0.543.